The number of carbonyl (C=O) groups excluding carboxylic acids is 1. The van der Waals surface area contributed by atoms with Crippen molar-refractivity contribution in [1.29, 1.82) is 0 Å². The molecule has 0 N–H and O–H groups in total. The molecule has 1 saturated heterocycles. The zero-order chi connectivity index (χ0) is 13.9. The monoisotopic (exact) mass is 275 g/mol. The highest BCUT2D eigenvalue weighted by molar-refractivity contribution is 8.00. The number of nitrogens with zero attached hydrogens (tertiary/aromatic N) is 1. The molecular formula is C12H21NO4S. The first-order valence-electron chi connectivity index (χ1n) is 6.25. The van der Waals surface area contributed by atoms with Gasteiger partial charge in [-0.25, -0.2) is 0 Å². The van der Waals surface area contributed by atoms with Crippen molar-refractivity contribution in [3.63, 3.8) is 0 Å². The van der Waals surface area contributed by atoms with Gasteiger partial charge in [-0.05, 0) is 18.3 Å². The smallest absolute Gasteiger partial charge is 0.303 e. The summed E-state index contributed by atoms with van der Waals surface area (Å²) in [7, 11) is 0. The van der Waals surface area contributed by atoms with Crippen LogP contribution in [0.1, 0.15) is 34.1 Å². The van der Waals surface area contributed by atoms with Gasteiger partial charge in [0.2, 0.25) is 0 Å². The van der Waals surface area contributed by atoms with Gasteiger partial charge < -0.3 is 4.74 Å². The van der Waals surface area contributed by atoms with E-state index >= 15 is 0 Å². The highest BCUT2D eigenvalue weighted by Crippen LogP contribution is 2.38. The lowest BCUT2D eigenvalue weighted by molar-refractivity contribution is -0.531. The van der Waals surface area contributed by atoms with E-state index in [0.29, 0.717) is 11.7 Å². The Bertz CT molecular complexity index is 321. The number of thioether (sulfide) groups is 1. The van der Waals surface area contributed by atoms with Crippen LogP contribution < -0.4 is 0 Å². The first-order valence-corrected chi connectivity index (χ1v) is 7.30. The molecule has 0 aromatic carbocycles. The van der Waals surface area contributed by atoms with E-state index in [1.807, 2.05) is 6.92 Å². The number of hydrogen-bond donors (Lipinski definition) is 0. The van der Waals surface area contributed by atoms with Gasteiger partial charge in [0.15, 0.2) is 6.10 Å². The second kappa shape index (κ2) is 6.41. The van der Waals surface area contributed by atoms with Crippen molar-refractivity contribution in [3.05, 3.63) is 10.1 Å². The van der Waals surface area contributed by atoms with Crippen LogP contribution in [0.3, 0.4) is 0 Å². The van der Waals surface area contributed by atoms with E-state index < -0.39 is 18.1 Å². The highest BCUT2D eigenvalue weighted by Gasteiger charge is 2.49. The van der Waals surface area contributed by atoms with Crippen LogP contribution in [0.2, 0.25) is 0 Å². The van der Waals surface area contributed by atoms with Crippen molar-refractivity contribution in [2.45, 2.75) is 51.5 Å². The number of rotatable bonds is 5. The lowest BCUT2D eigenvalue weighted by Crippen LogP contribution is -2.42. The molecule has 0 aliphatic carbocycles. The molecule has 0 aromatic rings. The summed E-state index contributed by atoms with van der Waals surface area (Å²) in [6, 6.07) is -0.771. The molecule has 18 heavy (non-hydrogen) atoms. The molecule has 0 spiro atoms. The summed E-state index contributed by atoms with van der Waals surface area (Å²) in [5.74, 6) is 0.856. The Morgan fingerprint density at radius 2 is 2.11 bits per heavy atom. The first-order chi connectivity index (χ1) is 8.32. The molecule has 6 heteroatoms. The van der Waals surface area contributed by atoms with E-state index in [1.165, 1.54) is 6.92 Å². The zero-order valence-corrected chi connectivity index (χ0v) is 12.1. The Morgan fingerprint density at radius 1 is 1.50 bits per heavy atom. The fourth-order valence-corrected chi connectivity index (χ4v) is 4.15. The minimum absolute atomic E-state index is 0.0632. The summed E-state index contributed by atoms with van der Waals surface area (Å²) in [4.78, 5) is 21.9. The predicted molar refractivity (Wildman–Crippen MR) is 71.2 cm³/mol. The largest absolute Gasteiger partial charge is 0.454 e. The van der Waals surface area contributed by atoms with Crippen molar-refractivity contribution in [3.8, 4) is 0 Å². The second-order valence-corrected chi connectivity index (χ2v) is 6.54. The summed E-state index contributed by atoms with van der Waals surface area (Å²) in [6.45, 7) is 7.57. The third-order valence-electron chi connectivity index (χ3n) is 3.14. The number of esters is 1. The Morgan fingerprint density at radius 3 is 2.56 bits per heavy atom. The summed E-state index contributed by atoms with van der Waals surface area (Å²) in [5, 5.41) is 11.1. The van der Waals surface area contributed by atoms with E-state index in [-0.39, 0.29) is 16.1 Å². The van der Waals surface area contributed by atoms with Crippen LogP contribution in [0.15, 0.2) is 0 Å². The summed E-state index contributed by atoms with van der Waals surface area (Å²) in [5.41, 5.74) is 0. The van der Waals surface area contributed by atoms with Crippen molar-refractivity contribution in [2.75, 3.05) is 5.75 Å². The molecule has 0 radical (unpaired) electrons. The minimum atomic E-state index is -0.771. The van der Waals surface area contributed by atoms with Gasteiger partial charge in [0.25, 0.3) is 6.04 Å². The van der Waals surface area contributed by atoms with E-state index in [4.69, 9.17) is 4.74 Å². The van der Waals surface area contributed by atoms with Crippen LogP contribution in [0.25, 0.3) is 0 Å². The summed E-state index contributed by atoms with van der Waals surface area (Å²) in [6.07, 6.45) is 0.372. The van der Waals surface area contributed by atoms with Crippen molar-refractivity contribution in [2.24, 2.45) is 11.8 Å². The van der Waals surface area contributed by atoms with E-state index in [1.54, 1.807) is 11.8 Å². The molecule has 1 heterocycles. The maximum Gasteiger partial charge on any atom is 0.303 e. The Kier molecular flexibility index (Phi) is 5.44. The molecule has 1 aliphatic rings. The normalized spacial score (nSPS) is 29.3. The average molecular weight is 275 g/mol. The topological polar surface area (TPSA) is 69.4 Å². The molecule has 4 unspecified atom stereocenters. The SMILES string of the molecule is CC(=O)OC1CSC(C(C)CC(C)C)C1[N+](=O)[O-]. The molecule has 5 nitrogen and oxygen atoms in total. The zero-order valence-electron chi connectivity index (χ0n) is 11.3. The number of hydrogen-bond acceptors (Lipinski definition) is 5. The van der Waals surface area contributed by atoms with E-state index in [0.717, 1.165) is 6.42 Å². The fraction of sp³-hybridized carbons (Fsp3) is 0.917. The van der Waals surface area contributed by atoms with Crippen LogP contribution >= 0.6 is 11.8 Å². The van der Waals surface area contributed by atoms with Gasteiger partial charge in [0.1, 0.15) is 0 Å². The number of ether oxygens (including phenoxy) is 1. The van der Waals surface area contributed by atoms with Gasteiger partial charge in [-0.1, -0.05) is 20.8 Å². The molecule has 104 valence electrons. The molecule has 1 aliphatic heterocycles. The Balaban J connectivity index is 2.74. The van der Waals surface area contributed by atoms with Gasteiger partial charge >= 0.3 is 5.97 Å². The molecular weight excluding hydrogens is 254 g/mol. The molecule has 4 atom stereocenters. The molecule has 0 amide bonds. The van der Waals surface area contributed by atoms with Gasteiger partial charge in [-0.3, -0.25) is 14.9 Å². The molecule has 1 fully saturated rings. The Hall–Kier alpha value is -0.780. The number of carbonyl (C=O) groups is 1. The van der Waals surface area contributed by atoms with Crippen LogP contribution in [0, 0.1) is 22.0 Å². The lowest BCUT2D eigenvalue weighted by Gasteiger charge is -2.23. The predicted octanol–water partition coefficient (Wildman–Crippen LogP) is 2.36. The van der Waals surface area contributed by atoms with Gasteiger partial charge in [0.05, 0.1) is 5.25 Å². The summed E-state index contributed by atoms with van der Waals surface area (Å²) >= 11 is 1.56. The lowest BCUT2D eigenvalue weighted by atomic mass is 9.91. The van der Waals surface area contributed by atoms with Crippen LogP contribution in [0.4, 0.5) is 0 Å². The maximum absolute atomic E-state index is 11.2. The van der Waals surface area contributed by atoms with Crippen LogP contribution in [0.5, 0.6) is 0 Å². The molecule has 0 saturated carbocycles. The highest BCUT2D eigenvalue weighted by atomic mass is 32.2. The maximum atomic E-state index is 11.2. The third kappa shape index (κ3) is 3.86. The molecule has 0 aromatic heterocycles. The minimum Gasteiger partial charge on any atom is -0.454 e. The van der Waals surface area contributed by atoms with Crippen molar-refractivity contribution >= 4 is 17.7 Å². The van der Waals surface area contributed by atoms with Crippen molar-refractivity contribution < 1.29 is 14.5 Å². The second-order valence-electron chi connectivity index (χ2n) is 5.33. The van der Waals surface area contributed by atoms with Gasteiger partial charge in [-0.2, -0.15) is 0 Å². The molecule has 0 bridgehead atoms. The van der Waals surface area contributed by atoms with Gasteiger partial charge in [0, 0.05) is 17.6 Å². The van der Waals surface area contributed by atoms with E-state index in [2.05, 4.69) is 13.8 Å². The number of nitro groups is 1. The Labute approximate surface area is 112 Å². The van der Waals surface area contributed by atoms with Crippen molar-refractivity contribution in [1.82, 2.24) is 0 Å². The van der Waals surface area contributed by atoms with E-state index in [9.17, 15) is 14.9 Å². The van der Waals surface area contributed by atoms with Crippen LogP contribution in [-0.4, -0.2) is 34.0 Å². The van der Waals surface area contributed by atoms with Gasteiger partial charge in [-0.15, -0.1) is 11.8 Å². The first kappa shape index (κ1) is 15.3. The summed E-state index contributed by atoms with van der Waals surface area (Å²) < 4.78 is 5.07. The molecule has 1 rings (SSSR count). The third-order valence-corrected chi connectivity index (χ3v) is 4.78. The average Bonchev–Trinajstić information content (AvgIpc) is 2.59. The quantitative estimate of drug-likeness (QED) is 0.437. The van der Waals surface area contributed by atoms with Crippen LogP contribution in [-0.2, 0) is 9.53 Å². The standard InChI is InChI=1S/C12H21NO4S/c1-7(2)5-8(3)12-11(13(15)16)10(6-18-12)17-9(4)14/h7-8,10-12H,5-6H2,1-4H3. The fourth-order valence-electron chi connectivity index (χ4n) is 2.57.